The van der Waals surface area contributed by atoms with E-state index in [0.29, 0.717) is 6.61 Å². The Kier molecular flexibility index (Phi) is 3.33. The highest BCUT2D eigenvalue weighted by atomic mass is 16.6. The molecule has 0 fully saturated rings. The molecule has 0 spiro atoms. The van der Waals surface area contributed by atoms with Gasteiger partial charge in [-0.3, -0.25) is 0 Å². The Labute approximate surface area is 72.9 Å². The van der Waals surface area contributed by atoms with Crippen LogP contribution in [0.3, 0.4) is 0 Å². The third-order valence-electron chi connectivity index (χ3n) is 1.46. The summed E-state index contributed by atoms with van der Waals surface area (Å²) in [7, 11) is 0. The summed E-state index contributed by atoms with van der Waals surface area (Å²) in [6.07, 6.45) is 0. The molecule has 1 rings (SSSR count). The van der Waals surface area contributed by atoms with E-state index < -0.39 is 0 Å². The van der Waals surface area contributed by atoms with Crippen molar-refractivity contribution in [3.8, 4) is 0 Å². The molecule has 0 atom stereocenters. The van der Waals surface area contributed by atoms with E-state index in [9.17, 15) is 0 Å². The zero-order valence-electron chi connectivity index (χ0n) is 7.37. The van der Waals surface area contributed by atoms with Crippen LogP contribution >= 0.6 is 0 Å². The molecule has 12 heavy (non-hydrogen) atoms. The Morgan fingerprint density at radius 3 is 3.08 bits per heavy atom. The number of nitrogens with zero attached hydrogens (tertiary/aromatic N) is 1. The largest absolute Gasteiger partial charge is 0.396 e. The van der Waals surface area contributed by atoms with E-state index in [1.807, 2.05) is 38.1 Å². The molecule has 0 aliphatic rings. The summed E-state index contributed by atoms with van der Waals surface area (Å²) in [6, 6.07) is 10.6. The van der Waals surface area contributed by atoms with Crippen LogP contribution in [0.5, 0.6) is 0 Å². The van der Waals surface area contributed by atoms with Gasteiger partial charge in [-0.25, -0.2) is 0 Å². The summed E-state index contributed by atoms with van der Waals surface area (Å²) in [5, 5.41) is 3.91. The third kappa shape index (κ3) is 2.38. The normalized spacial score (nSPS) is 11.3. The average Bonchev–Trinajstić information content (AvgIpc) is 2.15. The highest BCUT2D eigenvalue weighted by molar-refractivity contribution is 5.98. The SMILES string of the molecule is CCON=C(C)c1c[c]ccc1. The fraction of sp³-hybridized carbons (Fsp3) is 0.300. The molecule has 0 amide bonds. The average molecular weight is 162 g/mol. The highest BCUT2D eigenvalue weighted by Crippen LogP contribution is 2.00. The van der Waals surface area contributed by atoms with Crippen LogP contribution in [0.15, 0.2) is 29.4 Å². The monoisotopic (exact) mass is 162 g/mol. The third-order valence-corrected chi connectivity index (χ3v) is 1.46. The first-order chi connectivity index (χ1) is 5.84. The van der Waals surface area contributed by atoms with Gasteiger partial charge in [-0.15, -0.1) is 0 Å². The van der Waals surface area contributed by atoms with E-state index in [1.54, 1.807) is 0 Å². The summed E-state index contributed by atoms with van der Waals surface area (Å²) in [5.74, 6) is 0. The number of hydrogen-bond donors (Lipinski definition) is 0. The van der Waals surface area contributed by atoms with Crippen molar-refractivity contribution < 1.29 is 4.84 Å². The quantitative estimate of drug-likeness (QED) is 0.493. The second kappa shape index (κ2) is 4.54. The molecule has 0 aliphatic carbocycles. The molecule has 0 aromatic heterocycles. The minimum Gasteiger partial charge on any atom is -0.396 e. The molecule has 0 N–H and O–H groups in total. The Morgan fingerprint density at radius 1 is 1.67 bits per heavy atom. The first kappa shape index (κ1) is 8.78. The Hall–Kier alpha value is -1.31. The van der Waals surface area contributed by atoms with Gasteiger partial charge in [0.15, 0.2) is 0 Å². The molecule has 2 heteroatoms. The Balaban J connectivity index is 2.71. The summed E-state index contributed by atoms with van der Waals surface area (Å²) in [5.41, 5.74) is 1.93. The van der Waals surface area contributed by atoms with Crippen molar-refractivity contribution in [1.29, 1.82) is 0 Å². The maximum Gasteiger partial charge on any atom is 0.114 e. The fourth-order valence-corrected chi connectivity index (χ4v) is 0.832. The summed E-state index contributed by atoms with van der Waals surface area (Å²) >= 11 is 0. The molecule has 1 radical (unpaired) electrons. The van der Waals surface area contributed by atoms with Crippen LogP contribution in [-0.4, -0.2) is 12.3 Å². The second-order valence-corrected chi connectivity index (χ2v) is 2.39. The molecule has 0 saturated carbocycles. The molecule has 63 valence electrons. The van der Waals surface area contributed by atoms with Gasteiger partial charge in [0, 0.05) is 0 Å². The predicted octanol–water partition coefficient (Wildman–Crippen LogP) is 2.25. The first-order valence-corrected chi connectivity index (χ1v) is 3.97. The van der Waals surface area contributed by atoms with E-state index in [4.69, 9.17) is 4.84 Å². The molecule has 1 aromatic carbocycles. The van der Waals surface area contributed by atoms with Gasteiger partial charge in [-0.2, -0.15) is 0 Å². The van der Waals surface area contributed by atoms with Crippen LogP contribution < -0.4 is 0 Å². The lowest BCUT2D eigenvalue weighted by atomic mass is 10.1. The van der Waals surface area contributed by atoms with Gasteiger partial charge < -0.3 is 4.84 Å². The van der Waals surface area contributed by atoms with Gasteiger partial charge in [0.05, 0.1) is 5.71 Å². The lowest BCUT2D eigenvalue weighted by Gasteiger charge is -1.98. The lowest BCUT2D eigenvalue weighted by molar-refractivity contribution is 0.159. The first-order valence-electron chi connectivity index (χ1n) is 3.97. The zero-order chi connectivity index (χ0) is 8.81. The van der Waals surface area contributed by atoms with Crippen LogP contribution in [-0.2, 0) is 4.84 Å². The van der Waals surface area contributed by atoms with E-state index in [0.717, 1.165) is 11.3 Å². The minimum absolute atomic E-state index is 0.605. The van der Waals surface area contributed by atoms with Gasteiger partial charge >= 0.3 is 0 Å². The van der Waals surface area contributed by atoms with Gasteiger partial charge in [-0.1, -0.05) is 23.4 Å². The van der Waals surface area contributed by atoms with E-state index in [1.165, 1.54) is 0 Å². The van der Waals surface area contributed by atoms with Crippen molar-refractivity contribution in [2.75, 3.05) is 6.61 Å². The zero-order valence-corrected chi connectivity index (χ0v) is 7.37. The van der Waals surface area contributed by atoms with Crippen molar-refractivity contribution in [3.63, 3.8) is 0 Å². The van der Waals surface area contributed by atoms with Crippen LogP contribution in [0.2, 0.25) is 0 Å². The van der Waals surface area contributed by atoms with Crippen molar-refractivity contribution in [2.45, 2.75) is 13.8 Å². The molecule has 0 saturated heterocycles. The maximum atomic E-state index is 4.92. The summed E-state index contributed by atoms with van der Waals surface area (Å²) in [4.78, 5) is 4.92. The Bertz CT molecular complexity index is 254. The smallest absolute Gasteiger partial charge is 0.114 e. The van der Waals surface area contributed by atoms with Crippen LogP contribution in [0, 0.1) is 6.07 Å². The molecule has 1 aromatic rings. The second-order valence-electron chi connectivity index (χ2n) is 2.39. The van der Waals surface area contributed by atoms with Gasteiger partial charge in [-0.05, 0) is 31.5 Å². The van der Waals surface area contributed by atoms with Gasteiger partial charge in [0.2, 0.25) is 0 Å². The molecule has 0 bridgehead atoms. The van der Waals surface area contributed by atoms with Crippen LogP contribution in [0.25, 0.3) is 0 Å². The lowest BCUT2D eigenvalue weighted by Crippen LogP contribution is -1.95. The van der Waals surface area contributed by atoms with Crippen molar-refractivity contribution in [1.82, 2.24) is 0 Å². The van der Waals surface area contributed by atoms with Crippen LogP contribution in [0.4, 0.5) is 0 Å². The number of benzene rings is 1. The fourth-order valence-electron chi connectivity index (χ4n) is 0.832. The summed E-state index contributed by atoms with van der Waals surface area (Å²) in [6.45, 7) is 4.43. The van der Waals surface area contributed by atoms with Crippen LogP contribution in [0.1, 0.15) is 19.4 Å². The van der Waals surface area contributed by atoms with Crippen molar-refractivity contribution in [2.24, 2.45) is 5.16 Å². The topological polar surface area (TPSA) is 21.6 Å². The molecule has 0 unspecified atom stereocenters. The molecule has 0 heterocycles. The Morgan fingerprint density at radius 2 is 2.50 bits per heavy atom. The summed E-state index contributed by atoms with van der Waals surface area (Å²) < 4.78 is 0. The van der Waals surface area contributed by atoms with Crippen molar-refractivity contribution in [3.05, 3.63) is 35.9 Å². The molecular formula is C10H12NO. The number of oxime groups is 1. The highest BCUT2D eigenvalue weighted by Gasteiger charge is 1.94. The van der Waals surface area contributed by atoms with E-state index >= 15 is 0 Å². The van der Waals surface area contributed by atoms with Crippen molar-refractivity contribution >= 4 is 5.71 Å². The number of hydrogen-bond acceptors (Lipinski definition) is 2. The predicted molar refractivity (Wildman–Crippen MR) is 49.1 cm³/mol. The molecule has 2 nitrogen and oxygen atoms in total. The minimum atomic E-state index is 0.605. The van der Waals surface area contributed by atoms with E-state index in [-0.39, 0.29) is 0 Å². The van der Waals surface area contributed by atoms with Gasteiger partial charge in [0.1, 0.15) is 6.61 Å². The maximum absolute atomic E-state index is 4.92. The molecular weight excluding hydrogens is 150 g/mol. The standard InChI is InChI=1S/C10H12NO/c1-3-12-11-9(2)10-7-5-4-6-8-10/h4-5,7-8H,3H2,1-2H3. The molecule has 0 aliphatic heterocycles. The van der Waals surface area contributed by atoms with Gasteiger partial charge in [0.25, 0.3) is 0 Å². The van der Waals surface area contributed by atoms with E-state index in [2.05, 4.69) is 11.2 Å². The number of rotatable bonds is 3.